The zero-order valence-electron chi connectivity index (χ0n) is 12.4. The van der Waals surface area contributed by atoms with Crippen LogP contribution in [0.4, 0.5) is 5.69 Å². The van der Waals surface area contributed by atoms with Crippen molar-refractivity contribution < 1.29 is 0 Å². The van der Waals surface area contributed by atoms with Gasteiger partial charge >= 0.3 is 0 Å². The fourth-order valence-corrected chi connectivity index (χ4v) is 3.00. The zero-order valence-corrected chi connectivity index (χ0v) is 12.4. The van der Waals surface area contributed by atoms with Gasteiger partial charge in [-0.1, -0.05) is 32.4 Å². The van der Waals surface area contributed by atoms with Crippen LogP contribution in [0.1, 0.15) is 57.4 Å². The molecule has 1 unspecified atom stereocenters. The first-order chi connectivity index (χ1) is 9.15. The van der Waals surface area contributed by atoms with E-state index in [4.69, 9.17) is 5.73 Å². The summed E-state index contributed by atoms with van der Waals surface area (Å²) in [4.78, 5) is 0. The lowest BCUT2D eigenvalue weighted by atomic mass is 9.67. The number of hydrogen-bond donors (Lipinski definition) is 2. The Balaban J connectivity index is 1.69. The van der Waals surface area contributed by atoms with Crippen molar-refractivity contribution in [3.05, 3.63) is 29.8 Å². The third kappa shape index (κ3) is 3.73. The molecular weight excluding hydrogens is 232 g/mol. The maximum atomic E-state index is 5.72. The lowest BCUT2D eigenvalue weighted by Gasteiger charge is -2.41. The Morgan fingerprint density at radius 3 is 2.47 bits per heavy atom. The van der Waals surface area contributed by atoms with Crippen LogP contribution in [0.3, 0.4) is 0 Å². The number of nitrogen functional groups attached to an aromatic ring is 1. The van der Waals surface area contributed by atoms with Gasteiger partial charge in [-0.2, -0.15) is 0 Å². The number of benzene rings is 1. The second-order valence-electron chi connectivity index (χ2n) is 6.24. The number of rotatable bonds is 7. The Morgan fingerprint density at radius 2 is 1.95 bits per heavy atom. The summed E-state index contributed by atoms with van der Waals surface area (Å²) >= 11 is 0. The lowest BCUT2D eigenvalue weighted by molar-refractivity contribution is 0.124. The van der Waals surface area contributed by atoms with Crippen LogP contribution in [0, 0.1) is 5.41 Å². The molecule has 1 aliphatic carbocycles. The summed E-state index contributed by atoms with van der Waals surface area (Å²) < 4.78 is 0. The standard InChI is InChI=1S/C17H28N2/c1-3-17(10-4-11-17)13-19-12-9-14(2)15-5-7-16(18)8-6-15/h5-8,14,19H,3-4,9-13,18H2,1-2H3. The molecule has 1 saturated carbocycles. The van der Waals surface area contributed by atoms with Crippen molar-refractivity contribution in [2.45, 2.75) is 51.9 Å². The smallest absolute Gasteiger partial charge is 0.0314 e. The molecule has 0 bridgehead atoms. The molecule has 1 aromatic carbocycles. The summed E-state index contributed by atoms with van der Waals surface area (Å²) in [6.45, 7) is 6.95. The first-order valence-electron chi connectivity index (χ1n) is 7.71. The second-order valence-corrected chi connectivity index (χ2v) is 6.24. The van der Waals surface area contributed by atoms with Crippen molar-refractivity contribution in [3.63, 3.8) is 0 Å². The highest BCUT2D eigenvalue weighted by Crippen LogP contribution is 2.43. The minimum absolute atomic E-state index is 0.604. The van der Waals surface area contributed by atoms with Gasteiger partial charge in [0.2, 0.25) is 0 Å². The van der Waals surface area contributed by atoms with Crippen LogP contribution in [-0.4, -0.2) is 13.1 Å². The maximum absolute atomic E-state index is 5.72. The summed E-state index contributed by atoms with van der Waals surface area (Å²) in [7, 11) is 0. The Hall–Kier alpha value is -1.02. The van der Waals surface area contributed by atoms with Crippen molar-refractivity contribution >= 4 is 5.69 Å². The van der Waals surface area contributed by atoms with Crippen molar-refractivity contribution in [2.24, 2.45) is 5.41 Å². The molecule has 2 heteroatoms. The first kappa shape index (κ1) is 14.4. The van der Waals surface area contributed by atoms with E-state index in [1.165, 1.54) is 44.2 Å². The quantitative estimate of drug-likeness (QED) is 0.576. The highest BCUT2D eigenvalue weighted by molar-refractivity contribution is 5.40. The van der Waals surface area contributed by atoms with E-state index in [0.29, 0.717) is 11.3 Å². The normalized spacial score (nSPS) is 18.8. The van der Waals surface area contributed by atoms with Crippen LogP contribution in [0.15, 0.2) is 24.3 Å². The molecule has 0 saturated heterocycles. The predicted octanol–water partition coefficient (Wildman–Crippen LogP) is 3.93. The molecular formula is C17H28N2. The number of nitrogens with one attached hydrogen (secondary N) is 1. The molecule has 0 aromatic heterocycles. The van der Waals surface area contributed by atoms with Crippen LogP contribution in [0.5, 0.6) is 0 Å². The van der Waals surface area contributed by atoms with Gasteiger partial charge in [-0.05, 0) is 61.3 Å². The molecule has 0 spiro atoms. The summed E-state index contributed by atoms with van der Waals surface area (Å²) in [5.41, 5.74) is 8.59. The summed E-state index contributed by atoms with van der Waals surface area (Å²) in [6, 6.07) is 8.30. The minimum Gasteiger partial charge on any atom is -0.399 e. The van der Waals surface area contributed by atoms with E-state index in [-0.39, 0.29) is 0 Å². The highest BCUT2D eigenvalue weighted by atomic mass is 14.9. The summed E-state index contributed by atoms with van der Waals surface area (Å²) in [5.74, 6) is 0.604. The molecule has 1 fully saturated rings. The maximum Gasteiger partial charge on any atom is 0.0314 e. The molecule has 2 rings (SSSR count). The molecule has 1 aromatic rings. The monoisotopic (exact) mass is 260 g/mol. The van der Waals surface area contributed by atoms with E-state index in [2.05, 4.69) is 31.3 Å². The third-order valence-corrected chi connectivity index (χ3v) is 4.92. The van der Waals surface area contributed by atoms with Gasteiger partial charge in [0, 0.05) is 12.2 Å². The predicted molar refractivity (Wildman–Crippen MR) is 83.3 cm³/mol. The number of nitrogens with two attached hydrogens (primary N) is 1. The number of anilines is 1. The zero-order chi connectivity index (χ0) is 13.7. The van der Waals surface area contributed by atoms with Gasteiger partial charge in [0.05, 0.1) is 0 Å². The Bertz CT molecular complexity index is 373. The van der Waals surface area contributed by atoms with Gasteiger partial charge in [0.1, 0.15) is 0 Å². The van der Waals surface area contributed by atoms with Crippen LogP contribution in [0.2, 0.25) is 0 Å². The average molecular weight is 260 g/mol. The topological polar surface area (TPSA) is 38.0 Å². The van der Waals surface area contributed by atoms with Gasteiger partial charge in [-0.3, -0.25) is 0 Å². The average Bonchev–Trinajstić information content (AvgIpc) is 2.37. The van der Waals surface area contributed by atoms with Crippen LogP contribution >= 0.6 is 0 Å². The molecule has 1 aliphatic rings. The van der Waals surface area contributed by atoms with Gasteiger partial charge in [0.15, 0.2) is 0 Å². The third-order valence-electron chi connectivity index (χ3n) is 4.92. The van der Waals surface area contributed by atoms with Crippen molar-refractivity contribution in [2.75, 3.05) is 18.8 Å². The Morgan fingerprint density at radius 1 is 1.26 bits per heavy atom. The molecule has 19 heavy (non-hydrogen) atoms. The molecule has 3 N–H and O–H groups in total. The van der Waals surface area contributed by atoms with E-state index < -0.39 is 0 Å². The lowest BCUT2D eigenvalue weighted by Crippen LogP contribution is -2.39. The summed E-state index contributed by atoms with van der Waals surface area (Å²) in [5, 5.41) is 3.67. The largest absolute Gasteiger partial charge is 0.399 e. The minimum atomic E-state index is 0.604. The van der Waals surface area contributed by atoms with Gasteiger partial charge in [-0.15, -0.1) is 0 Å². The Labute approximate surface area is 117 Å². The second kappa shape index (κ2) is 6.42. The van der Waals surface area contributed by atoms with Crippen LogP contribution in [-0.2, 0) is 0 Å². The van der Waals surface area contributed by atoms with Gasteiger partial charge in [-0.25, -0.2) is 0 Å². The summed E-state index contributed by atoms with van der Waals surface area (Å²) in [6.07, 6.45) is 6.79. The van der Waals surface area contributed by atoms with E-state index in [1.807, 2.05) is 12.1 Å². The first-order valence-corrected chi connectivity index (χ1v) is 7.71. The molecule has 106 valence electrons. The van der Waals surface area contributed by atoms with E-state index in [9.17, 15) is 0 Å². The molecule has 1 atom stereocenters. The van der Waals surface area contributed by atoms with E-state index in [0.717, 1.165) is 12.2 Å². The SMILES string of the molecule is CCC1(CNCCC(C)c2ccc(N)cc2)CCC1. The molecule has 0 amide bonds. The van der Waals surface area contributed by atoms with Crippen molar-refractivity contribution in [3.8, 4) is 0 Å². The molecule has 2 nitrogen and oxygen atoms in total. The molecule has 0 aliphatic heterocycles. The van der Waals surface area contributed by atoms with E-state index >= 15 is 0 Å². The fraction of sp³-hybridized carbons (Fsp3) is 0.647. The van der Waals surface area contributed by atoms with Crippen molar-refractivity contribution in [1.29, 1.82) is 0 Å². The van der Waals surface area contributed by atoms with Crippen LogP contribution in [0.25, 0.3) is 0 Å². The molecule has 0 heterocycles. The van der Waals surface area contributed by atoms with Gasteiger partial charge < -0.3 is 11.1 Å². The van der Waals surface area contributed by atoms with Gasteiger partial charge in [0.25, 0.3) is 0 Å². The Kier molecular flexibility index (Phi) is 4.87. The van der Waals surface area contributed by atoms with Crippen LogP contribution < -0.4 is 11.1 Å². The fourth-order valence-electron chi connectivity index (χ4n) is 3.00. The van der Waals surface area contributed by atoms with E-state index in [1.54, 1.807) is 0 Å². The van der Waals surface area contributed by atoms with Crippen molar-refractivity contribution in [1.82, 2.24) is 5.32 Å². The molecule has 0 radical (unpaired) electrons. The highest BCUT2D eigenvalue weighted by Gasteiger charge is 2.34. The number of hydrogen-bond acceptors (Lipinski definition) is 2.